The molecule has 1 atom stereocenters. The summed E-state index contributed by atoms with van der Waals surface area (Å²) in [5, 5.41) is 0. The smallest absolute Gasteiger partial charge is 0.291 e. The van der Waals surface area contributed by atoms with E-state index in [4.69, 9.17) is 4.18 Å². The molecule has 0 amide bonds. The normalized spacial score (nSPS) is 21.8. The molecular formula is C10H13NO2S. The Morgan fingerprint density at radius 2 is 2.14 bits per heavy atom. The Bertz CT molecular complexity index is 365. The van der Waals surface area contributed by atoms with Gasteiger partial charge in [-0.2, -0.15) is 8.51 Å². The second kappa shape index (κ2) is 3.71. The van der Waals surface area contributed by atoms with Crippen LogP contribution < -0.4 is 4.18 Å². The largest absolute Gasteiger partial charge is 0.389 e. The van der Waals surface area contributed by atoms with Gasteiger partial charge >= 0.3 is 0 Å². The van der Waals surface area contributed by atoms with E-state index in [0.29, 0.717) is 6.54 Å². The molecule has 1 unspecified atom stereocenters. The molecule has 0 N–H and O–H groups in total. The first-order valence-corrected chi connectivity index (χ1v) is 5.66. The van der Waals surface area contributed by atoms with Crippen molar-refractivity contribution < 1.29 is 8.39 Å². The van der Waals surface area contributed by atoms with Gasteiger partial charge in [-0.25, -0.2) is 0 Å². The van der Waals surface area contributed by atoms with Crippen LogP contribution in [0, 0.1) is 0 Å². The van der Waals surface area contributed by atoms with Crippen LogP contribution in [0.2, 0.25) is 0 Å². The molecule has 4 heteroatoms. The first-order chi connectivity index (χ1) is 6.68. The van der Waals surface area contributed by atoms with Gasteiger partial charge in [0.2, 0.25) is 0 Å². The maximum Gasteiger partial charge on any atom is 0.291 e. The van der Waals surface area contributed by atoms with Gasteiger partial charge in [0.1, 0.15) is 5.75 Å². The van der Waals surface area contributed by atoms with Gasteiger partial charge in [0.25, 0.3) is 11.3 Å². The lowest BCUT2D eigenvalue weighted by Crippen LogP contribution is -2.37. The van der Waals surface area contributed by atoms with E-state index >= 15 is 0 Å². The predicted octanol–water partition coefficient (Wildman–Crippen LogP) is 1.87. The molecule has 14 heavy (non-hydrogen) atoms. The number of hydrogen-bond donors (Lipinski definition) is 0. The van der Waals surface area contributed by atoms with Crippen molar-refractivity contribution in [1.29, 1.82) is 0 Å². The van der Waals surface area contributed by atoms with Crippen molar-refractivity contribution >= 4 is 11.3 Å². The average Bonchev–Trinajstić information content (AvgIpc) is 2.16. The molecule has 1 aliphatic heterocycles. The molecule has 1 aromatic rings. The summed E-state index contributed by atoms with van der Waals surface area (Å²) in [6, 6.07) is 7.94. The van der Waals surface area contributed by atoms with E-state index in [1.165, 1.54) is 0 Å². The number of hydrogen-bond acceptors (Lipinski definition) is 2. The number of para-hydroxylation sites is 1. The summed E-state index contributed by atoms with van der Waals surface area (Å²) in [6.45, 7) is 4.71. The Hall–Kier alpha value is -0.870. The van der Waals surface area contributed by atoms with Crippen LogP contribution in [0.25, 0.3) is 0 Å². The van der Waals surface area contributed by atoms with Crippen molar-refractivity contribution in [3.05, 3.63) is 29.8 Å². The lowest BCUT2D eigenvalue weighted by molar-refractivity contribution is 0.320. The van der Waals surface area contributed by atoms with Crippen LogP contribution >= 0.6 is 0 Å². The molecule has 0 aromatic heterocycles. The molecule has 3 nitrogen and oxygen atoms in total. The Balaban J connectivity index is 2.31. The Morgan fingerprint density at radius 1 is 1.43 bits per heavy atom. The van der Waals surface area contributed by atoms with Gasteiger partial charge in [0.05, 0.1) is 0 Å². The van der Waals surface area contributed by atoms with Crippen LogP contribution in [0.1, 0.15) is 19.4 Å². The highest BCUT2D eigenvalue weighted by Crippen LogP contribution is 2.27. The molecule has 76 valence electrons. The van der Waals surface area contributed by atoms with Crippen molar-refractivity contribution in [3.63, 3.8) is 0 Å². The molecule has 0 saturated carbocycles. The summed E-state index contributed by atoms with van der Waals surface area (Å²) in [6.07, 6.45) is 0. The van der Waals surface area contributed by atoms with Crippen LogP contribution in [0.4, 0.5) is 0 Å². The summed E-state index contributed by atoms with van der Waals surface area (Å²) in [7, 11) is 0. The fraction of sp³-hybridized carbons (Fsp3) is 0.400. The molecule has 0 aliphatic carbocycles. The van der Waals surface area contributed by atoms with Crippen LogP contribution in [0.3, 0.4) is 0 Å². The van der Waals surface area contributed by atoms with Crippen molar-refractivity contribution in [2.24, 2.45) is 0 Å². The van der Waals surface area contributed by atoms with E-state index in [2.05, 4.69) is 0 Å². The summed E-state index contributed by atoms with van der Waals surface area (Å²) in [5.41, 5.74) is 1.10. The third-order valence-electron chi connectivity index (χ3n) is 2.23. The van der Waals surface area contributed by atoms with Gasteiger partial charge in [-0.1, -0.05) is 18.2 Å². The average molecular weight is 211 g/mol. The zero-order valence-electron chi connectivity index (χ0n) is 8.27. The molecule has 1 heterocycles. The minimum atomic E-state index is -1.34. The van der Waals surface area contributed by atoms with E-state index in [-0.39, 0.29) is 6.04 Å². The number of fused-ring (bicyclic) bond motifs is 1. The number of rotatable bonds is 1. The summed E-state index contributed by atoms with van der Waals surface area (Å²) >= 11 is -1.34. The number of nitrogens with zero attached hydrogens (tertiary/aromatic N) is 1. The molecular weight excluding hydrogens is 198 g/mol. The summed E-state index contributed by atoms with van der Waals surface area (Å²) in [5.74, 6) is 0.739. The first-order valence-electron chi connectivity index (χ1n) is 4.63. The third kappa shape index (κ3) is 1.67. The lowest BCUT2D eigenvalue weighted by Gasteiger charge is -2.29. The molecule has 1 aliphatic rings. The van der Waals surface area contributed by atoms with E-state index in [9.17, 15) is 4.21 Å². The van der Waals surface area contributed by atoms with Crippen LogP contribution in [-0.2, 0) is 17.8 Å². The highest BCUT2D eigenvalue weighted by Gasteiger charge is 2.26. The highest BCUT2D eigenvalue weighted by molar-refractivity contribution is 7.78. The fourth-order valence-electron chi connectivity index (χ4n) is 1.42. The zero-order valence-corrected chi connectivity index (χ0v) is 9.08. The Kier molecular flexibility index (Phi) is 2.56. The van der Waals surface area contributed by atoms with Crippen molar-refractivity contribution in [2.45, 2.75) is 26.4 Å². The van der Waals surface area contributed by atoms with E-state index in [0.717, 1.165) is 11.3 Å². The van der Waals surface area contributed by atoms with Gasteiger partial charge in [-0.05, 0) is 19.9 Å². The van der Waals surface area contributed by atoms with Crippen molar-refractivity contribution in [3.8, 4) is 5.75 Å². The first kappa shape index (κ1) is 9.68. The monoisotopic (exact) mass is 211 g/mol. The molecule has 0 saturated heterocycles. The molecule has 2 rings (SSSR count). The van der Waals surface area contributed by atoms with Gasteiger partial charge in [0.15, 0.2) is 0 Å². The second-order valence-corrected chi connectivity index (χ2v) is 4.65. The van der Waals surface area contributed by atoms with Crippen LogP contribution in [0.15, 0.2) is 24.3 Å². The van der Waals surface area contributed by atoms with Crippen molar-refractivity contribution in [2.75, 3.05) is 0 Å². The topological polar surface area (TPSA) is 29.5 Å². The van der Waals surface area contributed by atoms with Crippen LogP contribution in [-0.4, -0.2) is 14.6 Å². The molecule has 0 radical (unpaired) electrons. The standard InChI is InChI=1S/C10H13NO2S/c1-8(2)11-7-9-5-3-4-6-10(9)13-14(11)12/h3-6,8H,7H2,1-2H3. The third-order valence-corrected chi connectivity index (χ3v) is 3.48. The summed E-state index contributed by atoms with van der Waals surface area (Å²) < 4.78 is 18.7. The maximum absolute atomic E-state index is 11.6. The Labute approximate surface area is 86.5 Å². The van der Waals surface area contributed by atoms with E-state index < -0.39 is 11.3 Å². The molecule has 0 fully saturated rings. The van der Waals surface area contributed by atoms with Crippen LogP contribution in [0.5, 0.6) is 5.75 Å². The quantitative estimate of drug-likeness (QED) is 0.709. The minimum Gasteiger partial charge on any atom is -0.389 e. The maximum atomic E-state index is 11.6. The molecule has 1 aromatic carbocycles. The predicted molar refractivity (Wildman–Crippen MR) is 55.9 cm³/mol. The highest BCUT2D eigenvalue weighted by atomic mass is 32.2. The van der Waals surface area contributed by atoms with E-state index in [1.807, 2.05) is 42.4 Å². The van der Waals surface area contributed by atoms with Gasteiger partial charge < -0.3 is 4.18 Å². The molecule has 0 spiro atoms. The zero-order chi connectivity index (χ0) is 10.1. The fourth-order valence-corrected chi connectivity index (χ4v) is 2.42. The number of benzene rings is 1. The van der Waals surface area contributed by atoms with Gasteiger partial charge in [-0.15, -0.1) is 0 Å². The molecule has 0 bridgehead atoms. The SMILES string of the molecule is CC(C)N1Cc2ccccc2OS1=O. The second-order valence-electron chi connectivity index (χ2n) is 3.58. The Morgan fingerprint density at radius 3 is 2.86 bits per heavy atom. The lowest BCUT2D eigenvalue weighted by atomic mass is 10.2. The van der Waals surface area contributed by atoms with Gasteiger partial charge in [-0.3, -0.25) is 0 Å². The van der Waals surface area contributed by atoms with Crippen molar-refractivity contribution in [1.82, 2.24) is 4.31 Å². The minimum absolute atomic E-state index is 0.226. The van der Waals surface area contributed by atoms with Gasteiger partial charge in [0, 0.05) is 18.2 Å². The summed E-state index contributed by atoms with van der Waals surface area (Å²) in [4.78, 5) is 0. The van der Waals surface area contributed by atoms with E-state index in [1.54, 1.807) is 0 Å².